The van der Waals surface area contributed by atoms with Gasteiger partial charge in [-0.2, -0.15) is 0 Å². The quantitative estimate of drug-likeness (QED) is 0.557. The fourth-order valence-corrected chi connectivity index (χ4v) is 5.59. The number of carbonyl (C=O) groups is 2. The molecule has 0 bridgehead atoms. The predicted octanol–water partition coefficient (Wildman–Crippen LogP) is 5.48. The number of hydrogen-bond donors (Lipinski definition) is 1. The lowest BCUT2D eigenvalue weighted by atomic mass is 9.89. The molecule has 1 aromatic carbocycles. The number of Topliss-reactive ketones (excluding diaryl/α,β-unsaturated/α-hetero) is 1. The smallest absolute Gasteiger partial charge is 0.270 e. The zero-order chi connectivity index (χ0) is 26.0. The normalized spacial score (nSPS) is 17.9. The summed E-state index contributed by atoms with van der Waals surface area (Å²) < 4.78 is 33.8. The predicted molar refractivity (Wildman–Crippen MR) is 139 cm³/mol. The minimum atomic E-state index is -4.36. The molecule has 1 heterocycles. The highest BCUT2D eigenvalue weighted by atomic mass is 32.2. The van der Waals surface area contributed by atoms with E-state index in [9.17, 15) is 18.0 Å². The third-order valence-electron chi connectivity index (χ3n) is 6.39. The van der Waals surface area contributed by atoms with Gasteiger partial charge in [0.25, 0.3) is 15.9 Å². The van der Waals surface area contributed by atoms with Gasteiger partial charge in [-0.15, -0.1) is 0 Å². The molecule has 0 aliphatic heterocycles. The molecule has 4 rings (SSSR count). The van der Waals surface area contributed by atoms with Gasteiger partial charge in [0.2, 0.25) is 5.88 Å². The van der Waals surface area contributed by atoms with E-state index in [4.69, 9.17) is 4.74 Å². The molecule has 0 radical (unpaired) electrons. The standard InChI is InChI=1S/C28H30N2O5S/c1-17-9-11-21(12-10-17)23-14-13-22(27(32)30-36(33,34)25-8-6-5-7-24(25)31)28(29-23)35-26-19(3)15-18(2)16-20(26)4/h5-6,8,11,13-17H,7,9-10,12H2,1-4H3,(H,30,32). The van der Waals surface area contributed by atoms with Gasteiger partial charge in [0, 0.05) is 6.42 Å². The van der Waals surface area contributed by atoms with Gasteiger partial charge in [-0.1, -0.05) is 42.8 Å². The zero-order valence-electron chi connectivity index (χ0n) is 20.9. The first-order valence-electron chi connectivity index (χ1n) is 12.0. The maximum absolute atomic E-state index is 13.2. The van der Waals surface area contributed by atoms with Crippen molar-refractivity contribution in [2.24, 2.45) is 5.92 Å². The summed E-state index contributed by atoms with van der Waals surface area (Å²) in [5, 5.41) is 0. The summed E-state index contributed by atoms with van der Waals surface area (Å²) >= 11 is 0. The number of benzene rings is 1. The molecule has 1 N–H and O–H groups in total. The third-order valence-corrected chi connectivity index (χ3v) is 7.79. The molecule has 0 fully saturated rings. The fourth-order valence-electron chi connectivity index (χ4n) is 4.49. The third kappa shape index (κ3) is 5.49. The molecule has 36 heavy (non-hydrogen) atoms. The molecule has 188 valence electrons. The Morgan fingerprint density at radius 2 is 1.86 bits per heavy atom. The van der Waals surface area contributed by atoms with E-state index in [1.807, 2.05) is 37.6 Å². The van der Waals surface area contributed by atoms with E-state index >= 15 is 0 Å². The molecule has 8 heteroatoms. The van der Waals surface area contributed by atoms with Crippen LogP contribution in [0.4, 0.5) is 0 Å². The Kier molecular flexibility index (Phi) is 7.26. The number of carbonyl (C=O) groups excluding carboxylic acids is 2. The van der Waals surface area contributed by atoms with Gasteiger partial charge in [0.05, 0.1) is 5.69 Å². The number of nitrogens with zero attached hydrogens (tertiary/aromatic N) is 1. The fraction of sp³-hybridized carbons (Fsp3) is 0.321. The van der Waals surface area contributed by atoms with Crippen LogP contribution >= 0.6 is 0 Å². The molecule has 7 nitrogen and oxygen atoms in total. The zero-order valence-corrected chi connectivity index (χ0v) is 21.7. The lowest BCUT2D eigenvalue weighted by molar-refractivity contribution is -0.114. The van der Waals surface area contributed by atoms with E-state index in [0.717, 1.165) is 41.5 Å². The van der Waals surface area contributed by atoms with Gasteiger partial charge in [-0.3, -0.25) is 9.59 Å². The first kappa shape index (κ1) is 25.6. The van der Waals surface area contributed by atoms with Crippen molar-refractivity contribution < 1.29 is 22.7 Å². The van der Waals surface area contributed by atoms with Crippen LogP contribution in [0.15, 0.2) is 53.5 Å². The summed E-state index contributed by atoms with van der Waals surface area (Å²) in [5.74, 6) is -0.320. The second kappa shape index (κ2) is 10.2. The molecular weight excluding hydrogens is 476 g/mol. The Morgan fingerprint density at radius 1 is 1.14 bits per heavy atom. The Labute approximate surface area is 212 Å². The SMILES string of the molecule is Cc1cc(C)c(Oc2nc(C3=CCC(C)CC3)ccc2C(=O)NS(=O)(=O)C2=CC=CCC2=O)c(C)c1. The van der Waals surface area contributed by atoms with Crippen molar-refractivity contribution in [2.45, 2.75) is 53.4 Å². The van der Waals surface area contributed by atoms with Crippen LogP contribution in [0.2, 0.25) is 0 Å². The summed E-state index contributed by atoms with van der Waals surface area (Å²) in [6.45, 7) is 8.00. The van der Waals surface area contributed by atoms with Crippen LogP contribution in [0, 0.1) is 26.7 Å². The van der Waals surface area contributed by atoms with Crippen LogP contribution in [0.3, 0.4) is 0 Å². The summed E-state index contributed by atoms with van der Waals surface area (Å²) in [7, 11) is -4.36. The monoisotopic (exact) mass is 506 g/mol. The van der Waals surface area contributed by atoms with Crippen molar-refractivity contribution >= 4 is 27.3 Å². The van der Waals surface area contributed by atoms with Crippen molar-refractivity contribution in [3.63, 3.8) is 0 Å². The maximum atomic E-state index is 13.2. The summed E-state index contributed by atoms with van der Waals surface area (Å²) in [4.78, 5) is 29.5. The molecule has 2 aliphatic rings. The van der Waals surface area contributed by atoms with Crippen molar-refractivity contribution in [2.75, 3.05) is 0 Å². The van der Waals surface area contributed by atoms with Crippen molar-refractivity contribution in [3.8, 4) is 11.6 Å². The summed E-state index contributed by atoms with van der Waals surface area (Å²) in [6, 6.07) is 7.17. The second-order valence-electron chi connectivity index (χ2n) is 9.51. The second-order valence-corrected chi connectivity index (χ2v) is 11.2. The summed E-state index contributed by atoms with van der Waals surface area (Å²) in [5.41, 5.74) is 4.53. The number of hydrogen-bond acceptors (Lipinski definition) is 6. The van der Waals surface area contributed by atoms with Gasteiger partial charge >= 0.3 is 0 Å². The van der Waals surface area contributed by atoms with Crippen LogP contribution in [-0.4, -0.2) is 25.1 Å². The van der Waals surface area contributed by atoms with Crippen LogP contribution in [0.25, 0.3) is 5.57 Å². The minimum absolute atomic E-state index is 0.0126. The Balaban J connectivity index is 1.73. The van der Waals surface area contributed by atoms with Gasteiger partial charge in [-0.25, -0.2) is 18.1 Å². The molecule has 1 unspecified atom stereocenters. The van der Waals surface area contributed by atoms with Gasteiger partial charge in [0.1, 0.15) is 16.2 Å². The maximum Gasteiger partial charge on any atom is 0.270 e. The lowest BCUT2D eigenvalue weighted by Gasteiger charge is -2.20. The highest BCUT2D eigenvalue weighted by Gasteiger charge is 2.29. The van der Waals surface area contributed by atoms with E-state index in [0.29, 0.717) is 17.4 Å². The Bertz CT molecular complexity index is 1410. The Hall–Kier alpha value is -3.52. The highest BCUT2D eigenvalue weighted by molar-refractivity contribution is 7.95. The van der Waals surface area contributed by atoms with Crippen molar-refractivity contribution in [3.05, 3.63) is 81.4 Å². The average molecular weight is 507 g/mol. The molecule has 0 saturated heterocycles. The van der Waals surface area contributed by atoms with Crippen LogP contribution in [-0.2, 0) is 14.8 Å². The first-order chi connectivity index (χ1) is 17.0. The van der Waals surface area contributed by atoms with Crippen molar-refractivity contribution in [1.29, 1.82) is 0 Å². The number of allylic oxidation sites excluding steroid dienone is 6. The van der Waals surface area contributed by atoms with E-state index in [2.05, 4.69) is 18.0 Å². The molecule has 2 aliphatic carbocycles. The lowest BCUT2D eigenvalue weighted by Crippen LogP contribution is -2.34. The molecule has 1 atom stereocenters. The van der Waals surface area contributed by atoms with Gasteiger partial charge in [-0.05, 0) is 80.9 Å². The van der Waals surface area contributed by atoms with Crippen LogP contribution in [0.5, 0.6) is 11.6 Å². The number of sulfonamides is 1. The molecule has 0 saturated carbocycles. The number of amides is 1. The molecule has 1 aromatic heterocycles. The first-order valence-corrected chi connectivity index (χ1v) is 13.5. The number of rotatable bonds is 6. The van der Waals surface area contributed by atoms with Crippen LogP contribution < -0.4 is 9.46 Å². The average Bonchev–Trinajstić information content (AvgIpc) is 2.81. The van der Waals surface area contributed by atoms with E-state index in [1.165, 1.54) is 18.2 Å². The summed E-state index contributed by atoms with van der Waals surface area (Å²) in [6.07, 6.45) is 9.19. The number of ether oxygens (including phenoxy) is 1. The number of aryl methyl sites for hydroxylation is 3. The van der Waals surface area contributed by atoms with Gasteiger partial charge < -0.3 is 4.74 Å². The molecule has 0 spiro atoms. The van der Waals surface area contributed by atoms with E-state index in [1.54, 1.807) is 12.1 Å². The van der Waals surface area contributed by atoms with Crippen molar-refractivity contribution in [1.82, 2.24) is 9.71 Å². The highest BCUT2D eigenvalue weighted by Crippen LogP contribution is 2.34. The molecule has 2 aromatic rings. The number of nitrogens with one attached hydrogen (secondary N) is 1. The van der Waals surface area contributed by atoms with E-state index < -0.39 is 26.6 Å². The van der Waals surface area contributed by atoms with Crippen LogP contribution in [0.1, 0.15) is 65.3 Å². The van der Waals surface area contributed by atoms with E-state index in [-0.39, 0.29) is 17.9 Å². The number of ketones is 1. The minimum Gasteiger partial charge on any atom is -0.438 e. The topological polar surface area (TPSA) is 102 Å². The van der Waals surface area contributed by atoms with Gasteiger partial charge in [0.15, 0.2) is 5.78 Å². The molecule has 1 amide bonds. The number of aromatic nitrogens is 1. The largest absolute Gasteiger partial charge is 0.438 e. The Morgan fingerprint density at radius 3 is 2.50 bits per heavy atom. The molecular formula is C28H30N2O5S. The number of pyridine rings is 1.